The first-order valence-electron chi connectivity index (χ1n) is 7.34. The number of aliphatic imine (C=N–C) groups is 1. The number of phenolic OH excluding ortho intramolecular Hbond substituents is 1. The summed E-state index contributed by atoms with van der Waals surface area (Å²) in [5.41, 5.74) is 0.890. The van der Waals surface area contributed by atoms with E-state index in [0.29, 0.717) is 11.4 Å². The summed E-state index contributed by atoms with van der Waals surface area (Å²) in [6.07, 6.45) is 1.22. The normalized spacial score (nSPS) is 17.7. The van der Waals surface area contributed by atoms with Gasteiger partial charge in [-0.15, -0.1) is 0 Å². The van der Waals surface area contributed by atoms with Crippen LogP contribution in [0.5, 0.6) is 5.75 Å². The van der Waals surface area contributed by atoms with Crippen molar-refractivity contribution in [3.63, 3.8) is 0 Å². The SMILES string of the molecule is O=C1NC(=S)N(c2ccc(Br)cc2)C(=O)[C@@H]1C=Nc1ccc(Cl)c(O)c1. The molecule has 132 valence electrons. The predicted octanol–water partition coefficient (Wildman–Crippen LogP) is 3.57. The Morgan fingerprint density at radius 1 is 1.23 bits per heavy atom. The molecule has 2 aromatic rings. The second-order valence-electron chi connectivity index (χ2n) is 5.34. The summed E-state index contributed by atoms with van der Waals surface area (Å²) in [6, 6.07) is 11.3. The van der Waals surface area contributed by atoms with Gasteiger partial charge in [0.05, 0.1) is 16.4 Å². The van der Waals surface area contributed by atoms with E-state index in [0.717, 1.165) is 4.47 Å². The van der Waals surface area contributed by atoms with Crippen LogP contribution in [-0.4, -0.2) is 28.2 Å². The minimum atomic E-state index is -1.15. The highest BCUT2D eigenvalue weighted by Crippen LogP contribution is 2.28. The summed E-state index contributed by atoms with van der Waals surface area (Å²) in [7, 11) is 0. The Morgan fingerprint density at radius 3 is 2.58 bits per heavy atom. The molecule has 2 N–H and O–H groups in total. The van der Waals surface area contributed by atoms with E-state index < -0.39 is 17.7 Å². The largest absolute Gasteiger partial charge is 0.506 e. The quantitative estimate of drug-likeness (QED) is 0.424. The molecule has 0 aliphatic carbocycles. The summed E-state index contributed by atoms with van der Waals surface area (Å²) >= 11 is 14.2. The van der Waals surface area contributed by atoms with Crippen LogP contribution in [0.4, 0.5) is 11.4 Å². The monoisotopic (exact) mass is 451 g/mol. The number of phenols is 1. The van der Waals surface area contributed by atoms with Crippen molar-refractivity contribution >= 4 is 74.3 Å². The molecule has 0 saturated carbocycles. The zero-order valence-electron chi connectivity index (χ0n) is 13.0. The van der Waals surface area contributed by atoms with Gasteiger partial charge >= 0.3 is 0 Å². The van der Waals surface area contributed by atoms with Gasteiger partial charge in [-0.3, -0.25) is 19.5 Å². The second-order valence-corrected chi connectivity index (χ2v) is 7.05. The van der Waals surface area contributed by atoms with Crippen molar-refractivity contribution in [1.82, 2.24) is 5.32 Å². The smallest absolute Gasteiger partial charge is 0.251 e. The lowest BCUT2D eigenvalue weighted by Gasteiger charge is -2.30. The molecule has 26 heavy (non-hydrogen) atoms. The van der Waals surface area contributed by atoms with Gasteiger partial charge < -0.3 is 10.4 Å². The van der Waals surface area contributed by atoms with Crippen molar-refractivity contribution in [2.45, 2.75) is 0 Å². The lowest BCUT2D eigenvalue weighted by molar-refractivity contribution is -0.130. The van der Waals surface area contributed by atoms with Crippen molar-refractivity contribution < 1.29 is 14.7 Å². The van der Waals surface area contributed by atoms with Gasteiger partial charge in [0.15, 0.2) is 11.0 Å². The van der Waals surface area contributed by atoms with Gasteiger partial charge in [-0.05, 0) is 48.6 Å². The fraction of sp³-hybridized carbons (Fsp3) is 0.0588. The first kappa shape index (κ1) is 18.5. The van der Waals surface area contributed by atoms with Gasteiger partial charge in [0.25, 0.3) is 5.91 Å². The number of amides is 2. The average Bonchev–Trinajstić information content (AvgIpc) is 2.59. The van der Waals surface area contributed by atoms with Gasteiger partial charge in [-0.2, -0.15) is 0 Å². The molecule has 1 aliphatic rings. The minimum absolute atomic E-state index is 0.0103. The molecule has 6 nitrogen and oxygen atoms in total. The van der Waals surface area contributed by atoms with E-state index in [9.17, 15) is 14.7 Å². The first-order valence-corrected chi connectivity index (χ1v) is 8.92. The number of nitrogens with one attached hydrogen (secondary N) is 1. The molecule has 1 aliphatic heterocycles. The standard InChI is InChI=1S/C17H11BrClN3O3S/c18-9-1-4-11(5-2-9)22-16(25)12(15(24)21-17(22)26)8-20-10-3-6-13(19)14(23)7-10/h1-8,12,23H,(H,21,24,26)/t12-/m1/s1. The number of benzene rings is 2. The lowest BCUT2D eigenvalue weighted by atomic mass is 10.1. The molecular formula is C17H11BrClN3O3S. The highest BCUT2D eigenvalue weighted by Gasteiger charge is 2.38. The maximum Gasteiger partial charge on any atom is 0.251 e. The van der Waals surface area contributed by atoms with Crippen molar-refractivity contribution in [2.75, 3.05) is 4.90 Å². The number of aromatic hydroxyl groups is 1. The molecule has 1 atom stereocenters. The van der Waals surface area contributed by atoms with Crippen LogP contribution in [0.15, 0.2) is 51.9 Å². The minimum Gasteiger partial charge on any atom is -0.506 e. The number of carbonyl (C=O) groups excluding carboxylic acids is 2. The molecule has 0 unspecified atom stereocenters. The Bertz CT molecular complexity index is 933. The van der Waals surface area contributed by atoms with Crippen molar-refractivity contribution in [1.29, 1.82) is 0 Å². The Morgan fingerprint density at radius 2 is 1.92 bits per heavy atom. The molecule has 1 saturated heterocycles. The highest BCUT2D eigenvalue weighted by molar-refractivity contribution is 9.10. The number of thiocarbonyl (C=S) groups is 1. The second kappa shape index (κ2) is 7.53. The molecule has 9 heteroatoms. The Balaban J connectivity index is 1.88. The van der Waals surface area contributed by atoms with Crippen molar-refractivity contribution in [3.8, 4) is 5.75 Å². The molecule has 0 spiro atoms. The summed E-state index contributed by atoms with van der Waals surface area (Å²) in [5.74, 6) is -2.36. The van der Waals surface area contributed by atoms with E-state index in [4.69, 9.17) is 23.8 Å². The number of nitrogens with zero attached hydrogens (tertiary/aromatic N) is 2. The van der Waals surface area contributed by atoms with Crippen LogP contribution in [0.1, 0.15) is 0 Å². The van der Waals surface area contributed by atoms with Gasteiger partial charge in [0, 0.05) is 16.8 Å². The molecule has 2 aromatic carbocycles. The van der Waals surface area contributed by atoms with Crippen LogP contribution < -0.4 is 10.2 Å². The van der Waals surface area contributed by atoms with Gasteiger partial charge in [0.2, 0.25) is 5.91 Å². The number of halogens is 2. The zero-order chi connectivity index (χ0) is 18.8. The van der Waals surface area contributed by atoms with E-state index in [2.05, 4.69) is 26.2 Å². The summed E-state index contributed by atoms with van der Waals surface area (Å²) < 4.78 is 0.848. The average molecular weight is 453 g/mol. The zero-order valence-corrected chi connectivity index (χ0v) is 16.2. The molecule has 1 fully saturated rings. The third-order valence-corrected chi connectivity index (χ3v) is 4.72. The maximum atomic E-state index is 12.8. The van der Waals surface area contributed by atoms with Gasteiger partial charge in [-0.25, -0.2) is 0 Å². The molecule has 2 amide bonds. The van der Waals surface area contributed by atoms with E-state index in [1.54, 1.807) is 30.3 Å². The molecule has 3 rings (SSSR count). The highest BCUT2D eigenvalue weighted by atomic mass is 79.9. The number of rotatable bonds is 3. The van der Waals surface area contributed by atoms with Crippen LogP contribution >= 0.6 is 39.7 Å². The van der Waals surface area contributed by atoms with Crippen LogP contribution in [0.25, 0.3) is 0 Å². The van der Waals surface area contributed by atoms with Crippen LogP contribution in [0.2, 0.25) is 5.02 Å². The number of carbonyl (C=O) groups is 2. The number of hydrogen-bond donors (Lipinski definition) is 2. The predicted molar refractivity (Wildman–Crippen MR) is 107 cm³/mol. The van der Waals surface area contributed by atoms with E-state index in [1.165, 1.54) is 23.2 Å². The molecule has 0 aromatic heterocycles. The summed E-state index contributed by atoms with van der Waals surface area (Å²) in [5, 5.41) is 12.3. The van der Waals surface area contributed by atoms with Crippen LogP contribution in [-0.2, 0) is 9.59 Å². The Kier molecular flexibility index (Phi) is 5.36. The molecular weight excluding hydrogens is 442 g/mol. The third kappa shape index (κ3) is 3.77. The van der Waals surface area contributed by atoms with Crippen molar-refractivity contribution in [2.24, 2.45) is 10.9 Å². The van der Waals surface area contributed by atoms with Gasteiger partial charge in [0.1, 0.15) is 5.75 Å². The fourth-order valence-corrected chi connectivity index (χ4v) is 2.98. The van der Waals surface area contributed by atoms with E-state index in [1.807, 2.05) is 0 Å². The lowest BCUT2D eigenvalue weighted by Crippen LogP contribution is -2.58. The number of hydrogen-bond acceptors (Lipinski definition) is 5. The number of anilines is 1. The Labute approximate surface area is 167 Å². The Hall–Kier alpha value is -2.29. The first-order chi connectivity index (χ1) is 12.4. The van der Waals surface area contributed by atoms with E-state index in [-0.39, 0.29) is 15.9 Å². The third-order valence-electron chi connectivity index (χ3n) is 3.59. The summed E-state index contributed by atoms with van der Waals surface area (Å²) in [4.78, 5) is 30.3. The van der Waals surface area contributed by atoms with Crippen LogP contribution in [0.3, 0.4) is 0 Å². The molecule has 1 heterocycles. The summed E-state index contributed by atoms with van der Waals surface area (Å²) in [6.45, 7) is 0. The molecule has 0 radical (unpaired) electrons. The topological polar surface area (TPSA) is 82.0 Å². The molecule has 0 bridgehead atoms. The van der Waals surface area contributed by atoms with Gasteiger partial charge in [-0.1, -0.05) is 27.5 Å². The van der Waals surface area contributed by atoms with Crippen LogP contribution in [0, 0.1) is 5.92 Å². The maximum absolute atomic E-state index is 12.8. The van der Waals surface area contributed by atoms with Crippen molar-refractivity contribution in [3.05, 3.63) is 52.0 Å². The fourth-order valence-electron chi connectivity index (χ4n) is 2.30. The van der Waals surface area contributed by atoms with E-state index >= 15 is 0 Å².